The monoisotopic (exact) mass is 413 g/mol. The van der Waals surface area contributed by atoms with Crippen molar-refractivity contribution in [3.8, 4) is 5.75 Å². The lowest BCUT2D eigenvalue weighted by atomic mass is 10.1. The van der Waals surface area contributed by atoms with E-state index in [-0.39, 0.29) is 0 Å². The summed E-state index contributed by atoms with van der Waals surface area (Å²) in [6.45, 7) is 4.85. The van der Waals surface area contributed by atoms with Crippen molar-refractivity contribution in [3.63, 3.8) is 0 Å². The molecule has 1 aliphatic rings. The third kappa shape index (κ3) is 4.98. The van der Waals surface area contributed by atoms with E-state index in [2.05, 4.69) is 21.6 Å². The van der Waals surface area contributed by atoms with Crippen LogP contribution in [0, 0.1) is 0 Å². The van der Waals surface area contributed by atoms with Crippen LogP contribution in [0.25, 0.3) is 10.9 Å². The largest absolute Gasteiger partial charge is 0.497 e. The van der Waals surface area contributed by atoms with Crippen LogP contribution in [0.3, 0.4) is 0 Å². The molecule has 3 aromatic rings. The summed E-state index contributed by atoms with van der Waals surface area (Å²) in [5.41, 5.74) is 3.59. The van der Waals surface area contributed by atoms with Gasteiger partial charge in [-0.25, -0.2) is 10.7 Å². The maximum absolute atomic E-state index is 11.5. The number of rotatable bonds is 6. The second kappa shape index (κ2) is 10.2. The maximum Gasteiger partial charge on any atom is 0.335 e. The highest BCUT2D eigenvalue weighted by molar-refractivity contribution is 5.94. The summed E-state index contributed by atoms with van der Waals surface area (Å²) in [4.78, 5) is 13.8. The van der Waals surface area contributed by atoms with Gasteiger partial charge in [0.15, 0.2) is 0 Å². The van der Waals surface area contributed by atoms with Gasteiger partial charge in [0.1, 0.15) is 5.75 Å². The summed E-state index contributed by atoms with van der Waals surface area (Å²) in [5.74, 6) is 3.41. The highest BCUT2D eigenvalue weighted by Crippen LogP contribution is 2.26. The molecule has 160 valence electrons. The molecule has 0 atom stereocenters. The molecule has 0 radical (unpaired) electrons. The molecule has 8 nitrogen and oxygen atoms in total. The molecule has 0 saturated carbocycles. The first kappa shape index (κ1) is 21.8. The van der Waals surface area contributed by atoms with E-state index in [9.17, 15) is 9.90 Å². The van der Waals surface area contributed by atoms with Crippen LogP contribution in [0.15, 0.2) is 48.7 Å². The average Bonchev–Trinajstić information content (AvgIpc) is 3.12. The topological polar surface area (TPSA) is 110 Å². The number of ether oxygens (including phenoxy) is 2. The summed E-state index contributed by atoms with van der Waals surface area (Å²) in [6, 6.07) is 13.3. The number of carboxylic acids is 1. The number of carbonyl (C=O) groups is 1. The number of benzene rings is 2. The molecule has 0 bridgehead atoms. The number of aromatic carboxylic acids is 1. The standard InChI is InChI=1S/C22H24N2O4.H3NO/c1-27-19-5-2-16(3-6-19)13-24-15-18(14-23-8-10-28-11-9-23)20-7-4-17(22(25)26)12-21(20)24;1-2/h2-7,12,15H,8-11,13-14H2,1H3,(H,25,26);2H,1H2. The van der Waals surface area contributed by atoms with E-state index in [4.69, 9.17) is 14.7 Å². The van der Waals surface area contributed by atoms with Gasteiger partial charge in [0, 0.05) is 43.3 Å². The second-order valence-corrected chi connectivity index (χ2v) is 7.06. The molecule has 0 spiro atoms. The van der Waals surface area contributed by atoms with Crippen LogP contribution in [0.2, 0.25) is 0 Å². The Balaban J connectivity index is 0.00000124. The van der Waals surface area contributed by atoms with E-state index in [0.717, 1.165) is 55.1 Å². The Hall–Kier alpha value is -2.91. The SMILES string of the molecule is COc1ccc(Cn2cc(CN3CCOCC3)c3ccc(C(=O)O)cc32)cc1.NO. The average molecular weight is 413 g/mol. The smallest absolute Gasteiger partial charge is 0.335 e. The van der Waals surface area contributed by atoms with Crippen molar-refractivity contribution in [3.05, 3.63) is 65.4 Å². The Labute approximate surface area is 175 Å². The normalized spacial score (nSPS) is 14.2. The van der Waals surface area contributed by atoms with Gasteiger partial charge in [0.05, 0.1) is 25.9 Å². The van der Waals surface area contributed by atoms with Crippen molar-refractivity contribution in [2.75, 3.05) is 33.4 Å². The number of carboxylic acid groups (broad SMARTS) is 1. The fourth-order valence-electron chi connectivity index (χ4n) is 3.69. The van der Waals surface area contributed by atoms with Crippen LogP contribution in [-0.4, -0.2) is 59.2 Å². The number of nitrogens with two attached hydrogens (primary N) is 1. The molecule has 1 aromatic heterocycles. The van der Waals surface area contributed by atoms with Gasteiger partial charge in [-0.15, -0.1) is 0 Å². The predicted octanol–water partition coefficient (Wildman–Crippen LogP) is 2.56. The molecule has 8 heteroatoms. The molecule has 1 fully saturated rings. The van der Waals surface area contributed by atoms with Crippen molar-refractivity contribution in [2.45, 2.75) is 13.1 Å². The van der Waals surface area contributed by atoms with E-state index in [0.29, 0.717) is 12.1 Å². The van der Waals surface area contributed by atoms with Crippen LogP contribution in [-0.2, 0) is 17.8 Å². The van der Waals surface area contributed by atoms with Crippen molar-refractivity contribution in [1.29, 1.82) is 0 Å². The first-order valence-electron chi connectivity index (χ1n) is 9.68. The van der Waals surface area contributed by atoms with Crippen LogP contribution in [0.5, 0.6) is 5.75 Å². The minimum absolute atomic E-state index is 0.305. The van der Waals surface area contributed by atoms with Crippen molar-refractivity contribution < 1.29 is 24.6 Å². The Kier molecular flexibility index (Phi) is 7.42. The number of methoxy groups -OCH3 is 1. The summed E-state index contributed by atoms with van der Waals surface area (Å²) in [6.07, 6.45) is 2.15. The zero-order valence-electron chi connectivity index (χ0n) is 17.0. The molecular weight excluding hydrogens is 386 g/mol. The van der Waals surface area contributed by atoms with E-state index >= 15 is 0 Å². The Bertz CT molecular complexity index is 978. The minimum atomic E-state index is -0.908. The maximum atomic E-state index is 11.5. The molecule has 1 saturated heterocycles. The molecule has 0 aliphatic carbocycles. The summed E-state index contributed by atoms with van der Waals surface area (Å²) >= 11 is 0. The molecule has 0 amide bonds. The molecule has 1 aliphatic heterocycles. The van der Waals surface area contributed by atoms with E-state index in [1.54, 1.807) is 19.2 Å². The second-order valence-electron chi connectivity index (χ2n) is 7.06. The predicted molar refractivity (Wildman–Crippen MR) is 113 cm³/mol. The molecule has 2 heterocycles. The number of hydrogen-bond donors (Lipinski definition) is 3. The molecule has 2 aromatic carbocycles. The minimum Gasteiger partial charge on any atom is -0.497 e. The van der Waals surface area contributed by atoms with Gasteiger partial charge in [-0.05, 0) is 35.4 Å². The Morgan fingerprint density at radius 2 is 1.80 bits per heavy atom. The molecule has 30 heavy (non-hydrogen) atoms. The van der Waals surface area contributed by atoms with Crippen molar-refractivity contribution in [1.82, 2.24) is 9.47 Å². The molecule has 4 rings (SSSR count). The summed E-state index contributed by atoms with van der Waals surface area (Å²) < 4.78 is 12.8. The number of morpholine rings is 1. The van der Waals surface area contributed by atoms with Gasteiger partial charge in [-0.1, -0.05) is 18.2 Å². The van der Waals surface area contributed by atoms with E-state index in [1.807, 2.05) is 30.3 Å². The lowest BCUT2D eigenvalue weighted by Gasteiger charge is -2.26. The van der Waals surface area contributed by atoms with Crippen molar-refractivity contribution in [2.24, 2.45) is 5.90 Å². The summed E-state index contributed by atoms with van der Waals surface area (Å²) in [7, 11) is 1.65. The number of fused-ring (bicyclic) bond motifs is 1. The fraction of sp³-hybridized carbons (Fsp3) is 0.318. The van der Waals surface area contributed by atoms with E-state index in [1.165, 1.54) is 5.56 Å². The first-order chi connectivity index (χ1) is 14.6. The lowest BCUT2D eigenvalue weighted by molar-refractivity contribution is 0.0343. The van der Waals surface area contributed by atoms with Gasteiger partial charge in [0.25, 0.3) is 0 Å². The van der Waals surface area contributed by atoms with Crippen LogP contribution >= 0.6 is 0 Å². The van der Waals surface area contributed by atoms with Gasteiger partial charge in [0.2, 0.25) is 0 Å². The Morgan fingerprint density at radius 3 is 2.43 bits per heavy atom. The molecular formula is C22H27N3O5. The number of nitrogens with zero attached hydrogens (tertiary/aromatic N) is 2. The first-order valence-corrected chi connectivity index (χ1v) is 9.68. The third-order valence-corrected chi connectivity index (χ3v) is 5.22. The summed E-state index contributed by atoms with van der Waals surface area (Å²) in [5, 5.41) is 17.0. The van der Waals surface area contributed by atoms with Gasteiger partial charge < -0.3 is 24.4 Å². The van der Waals surface area contributed by atoms with Crippen LogP contribution < -0.4 is 10.6 Å². The third-order valence-electron chi connectivity index (χ3n) is 5.22. The quantitative estimate of drug-likeness (QED) is 0.533. The molecule has 0 unspecified atom stereocenters. The lowest BCUT2D eigenvalue weighted by Crippen LogP contribution is -2.35. The van der Waals surface area contributed by atoms with Crippen LogP contribution in [0.1, 0.15) is 21.5 Å². The number of aromatic nitrogens is 1. The van der Waals surface area contributed by atoms with Gasteiger partial charge in [-0.3, -0.25) is 4.90 Å². The fourth-order valence-corrected chi connectivity index (χ4v) is 3.69. The van der Waals surface area contributed by atoms with Gasteiger partial charge in [-0.2, -0.15) is 0 Å². The zero-order chi connectivity index (χ0) is 21.5. The van der Waals surface area contributed by atoms with Crippen molar-refractivity contribution >= 4 is 16.9 Å². The van der Waals surface area contributed by atoms with Crippen LogP contribution in [0.4, 0.5) is 0 Å². The number of hydrogen-bond acceptors (Lipinski definition) is 6. The van der Waals surface area contributed by atoms with Gasteiger partial charge >= 0.3 is 5.97 Å². The highest BCUT2D eigenvalue weighted by atomic mass is 16.5. The molecule has 4 N–H and O–H groups in total. The Morgan fingerprint density at radius 1 is 1.10 bits per heavy atom. The van der Waals surface area contributed by atoms with E-state index < -0.39 is 5.97 Å². The highest BCUT2D eigenvalue weighted by Gasteiger charge is 2.16. The zero-order valence-corrected chi connectivity index (χ0v) is 17.0.